The SMILES string of the molecule is CN1CCN(c2ccc(NC(=O)Cc3ccc(N4CCOCC4)cc3)cc2)CC1. The van der Waals surface area contributed by atoms with E-state index in [4.69, 9.17) is 4.74 Å². The van der Waals surface area contributed by atoms with E-state index in [-0.39, 0.29) is 5.91 Å². The zero-order chi connectivity index (χ0) is 20.1. The van der Waals surface area contributed by atoms with E-state index in [0.717, 1.165) is 63.7 Å². The van der Waals surface area contributed by atoms with Crippen LogP contribution in [0.4, 0.5) is 17.1 Å². The number of amides is 1. The van der Waals surface area contributed by atoms with Crippen LogP contribution < -0.4 is 15.1 Å². The third-order valence-electron chi connectivity index (χ3n) is 5.70. The van der Waals surface area contributed by atoms with Gasteiger partial charge >= 0.3 is 0 Å². The van der Waals surface area contributed by atoms with Crippen LogP contribution in [0, 0.1) is 0 Å². The second kappa shape index (κ2) is 9.29. The van der Waals surface area contributed by atoms with Crippen molar-refractivity contribution in [3.8, 4) is 0 Å². The molecule has 29 heavy (non-hydrogen) atoms. The lowest BCUT2D eigenvalue weighted by Gasteiger charge is -2.34. The maximum atomic E-state index is 12.4. The highest BCUT2D eigenvalue weighted by Crippen LogP contribution is 2.20. The molecule has 2 heterocycles. The fraction of sp³-hybridized carbons (Fsp3) is 0.435. The number of anilines is 3. The number of carbonyl (C=O) groups excluding carboxylic acids is 1. The van der Waals surface area contributed by atoms with Crippen molar-refractivity contribution in [1.29, 1.82) is 0 Å². The van der Waals surface area contributed by atoms with Crippen LogP contribution in [-0.2, 0) is 16.0 Å². The molecule has 0 aliphatic carbocycles. The summed E-state index contributed by atoms with van der Waals surface area (Å²) in [6.07, 6.45) is 0.379. The summed E-state index contributed by atoms with van der Waals surface area (Å²) in [5.41, 5.74) is 4.28. The zero-order valence-electron chi connectivity index (χ0n) is 17.1. The summed E-state index contributed by atoms with van der Waals surface area (Å²) >= 11 is 0. The maximum absolute atomic E-state index is 12.4. The predicted molar refractivity (Wildman–Crippen MR) is 118 cm³/mol. The quantitative estimate of drug-likeness (QED) is 0.844. The Morgan fingerprint density at radius 1 is 0.828 bits per heavy atom. The lowest BCUT2D eigenvalue weighted by atomic mass is 10.1. The summed E-state index contributed by atoms with van der Waals surface area (Å²) in [7, 11) is 2.16. The van der Waals surface area contributed by atoms with Gasteiger partial charge in [-0.2, -0.15) is 0 Å². The smallest absolute Gasteiger partial charge is 0.228 e. The van der Waals surface area contributed by atoms with E-state index >= 15 is 0 Å². The highest BCUT2D eigenvalue weighted by Gasteiger charge is 2.14. The van der Waals surface area contributed by atoms with Gasteiger partial charge in [-0.15, -0.1) is 0 Å². The first-order valence-electron chi connectivity index (χ1n) is 10.4. The highest BCUT2D eigenvalue weighted by molar-refractivity contribution is 5.92. The molecule has 154 valence electrons. The molecule has 2 aliphatic heterocycles. The predicted octanol–water partition coefficient (Wildman–Crippen LogP) is 2.46. The number of likely N-dealkylation sites (N-methyl/N-ethyl adjacent to an activating group) is 1. The first-order chi connectivity index (χ1) is 14.2. The van der Waals surface area contributed by atoms with Crippen molar-refractivity contribution in [2.24, 2.45) is 0 Å². The molecule has 2 aromatic carbocycles. The van der Waals surface area contributed by atoms with Gasteiger partial charge in [0.25, 0.3) is 0 Å². The third kappa shape index (κ3) is 5.28. The number of rotatable bonds is 5. The molecule has 0 atom stereocenters. The van der Waals surface area contributed by atoms with Gasteiger partial charge in [0, 0.05) is 56.3 Å². The van der Waals surface area contributed by atoms with E-state index in [9.17, 15) is 4.79 Å². The molecule has 2 aromatic rings. The van der Waals surface area contributed by atoms with Crippen LogP contribution in [0.3, 0.4) is 0 Å². The van der Waals surface area contributed by atoms with Crippen LogP contribution >= 0.6 is 0 Å². The number of carbonyl (C=O) groups is 1. The molecule has 0 spiro atoms. The fourth-order valence-corrected chi connectivity index (χ4v) is 3.86. The molecule has 1 amide bonds. The molecule has 6 heteroatoms. The van der Waals surface area contributed by atoms with Crippen molar-refractivity contribution in [3.63, 3.8) is 0 Å². The Balaban J connectivity index is 1.29. The first-order valence-corrected chi connectivity index (χ1v) is 10.4. The van der Waals surface area contributed by atoms with Crippen molar-refractivity contribution >= 4 is 23.0 Å². The minimum absolute atomic E-state index is 0.0106. The van der Waals surface area contributed by atoms with E-state index in [0.29, 0.717) is 6.42 Å². The number of nitrogens with zero attached hydrogens (tertiary/aromatic N) is 3. The highest BCUT2D eigenvalue weighted by atomic mass is 16.5. The zero-order valence-corrected chi connectivity index (χ0v) is 17.1. The van der Waals surface area contributed by atoms with Crippen LogP contribution in [-0.4, -0.2) is 70.3 Å². The Morgan fingerprint density at radius 3 is 2.00 bits per heavy atom. The van der Waals surface area contributed by atoms with Gasteiger partial charge in [0.1, 0.15) is 0 Å². The first kappa shape index (κ1) is 19.7. The number of hydrogen-bond donors (Lipinski definition) is 1. The molecule has 2 saturated heterocycles. The number of nitrogens with one attached hydrogen (secondary N) is 1. The standard InChI is InChI=1S/C23H30N4O2/c1-25-10-12-26(13-11-25)22-8-4-20(5-9-22)24-23(28)18-19-2-6-21(7-3-19)27-14-16-29-17-15-27/h2-9H,10-18H2,1H3,(H,24,28). The van der Waals surface area contributed by atoms with Gasteiger partial charge in [0.2, 0.25) is 5.91 Å². The Morgan fingerprint density at radius 2 is 1.38 bits per heavy atom. The van der Waals surface area contributed by atoms with Crippen LogP contribution in [0.15, 0.2) is 48.5 Å². The average molecular weight is 395 g/mol. The number of morpholine rings is 1. The summed E-state index contributed by atoms with van der Waals surface area (Å²) in [4.78, 5) is 19.5. The van der Waals surface area contributed by atoms with Crippen LogP contribution in [0.25, 0.3) is 0 Å². The summed E-state index contributed by atoms with van der Waals surface area (Å²) in [6, 6.07) is 16.5. The summed E-state index contributed by atoms with van der Waals surface area (Å²) in [5.74, 6) is 0.0106. The van der Waals surface area contributed by atoms with Gasteiger partial charge in [0.05, 0.1) is 19.6 Å². The summed E-state index contributed by atoms with van der Waals surface area (Å²) < 4.78 is 5.40. The lowest BCUT2D eigenvalue weighted by molar-refractivity contribution is -0.115. The van der Waals surface area contributed by atoms with Crippen molar-refractivity contribution < 1.29 is 9.53 Å². The molecule has 1 N–H and O–H groups in total. The molecule has 6 nitrogen and oxygen atoms in total. The summed E-state index contributed by atoms with van der Waals surface area (Å²) in [5, 5.41) is 3.01. The van der Waals surface area contributed by atoms with Gasteiger partial charge in [-0.25, -0.2) is 0 Å². The number of piperazine rings is 1. The van der Waals surface area contributed by atoms with Crippen molar-refractivity contribution in [2.45, 2.75) is 6.42 Å². The van der Waals surface area contributed by atoms with Gasteiger partial charge in [0.15, 0.2) is 0 Å². The Hall–Kier alpha value is -2.57. The molecule has 0 radical (unpaired) electrons. The Labute approximate surface area is 173 Å². The molecule has 0 unspecified atom stereocenters. The summed E-state index contributed by atoms with van der Waals surface area (Å²) in [6.45, 7) is 7.65. The molecule has 2 fully saturated rings. The largest absolute Gasteiger partial charge is 0.378 e. The van der Waals surface area contributed by atoms with E-state index in [1.165, 1.54) is 11.4 Å². The van der Waals surface area contributed by atoms with E-state index in [2.05, 4.69) is 51.3 Å². The van der Waals surface area contributed by atoms with Crippen LogP contribution in [0.5, 0.6) is 0 Å². The monoisotopic (exact) mass is 394 g/mol. The maximum Gasteiger partial charge on any atom is 0.228 e. The second-order valence-electron chi connectivity index (χ2n) is 7.83. The molecular weight excluding hydrogens is 364 g/mol. The molecule has 0 aromatic heterocycles. The van der Waals surface area contributed by atoms with Gasteiger partial charge in [-0.05, 0) is 49.0 Å². The van der Waals surface area contributed by atoms with E-state index in [1.807, 2.05) is 24.3 Å². The van der Waals surface area contributed by atoms with Gasteiger partial charge < -0.3 is 24.8 Å². The van der Waals surface area contributed by atoms with Crippen LogP contribution in [0.1, 0.15) is 5.56 Å². The molecule has 0 saturated carbocycles. The molecule has 2 aliphatic rings. The van der Waals surface area contributed by atoms with Gasteiger partial charge in [-0.3, -0.25) is 4.79 Å². The van der Waals surface area contributed by atoms with Gasteiger partial charge in [-0.1, -0.05) is 12.1 Å². The number of benzene rings is 2. The van der Waals surface area contributed by atoms with Crippen molar-refractivity contribution in [1.82, 2.24) is 4.90 Å². The van der Waals surface area contributed by atoms with E-state index in [1.54, 1.807) is 0 Å². The molecule has 4 rings (SSSR count). The van der Waals surface area contributed by atoms with Crippen molar-refractivity contribution in [3.05, 3.63) is 54.1 Å². The Kier molecular flexibility index (Phi) is 6.32. The van der Waals surface area contributed by atoms with Crippen LogP contribution in [0.2, 0.25) is 0 Å². The minimum Gasteiger partial charge on any atom is -0.378 e. The second-order valence-corrected chi connectivity index (χ2v) is 7.83. The van der Waals surface area contributed by atoms with E-state index < -0.39 is 0 Å². The Bertz CT molecular complexity index is 793. The topological polar surface area (TPSA) is 48.0 Å². The molecule has 0 bridgehead atoms. The molecular formula is C23H30N4O2. The fourth-order valence-electron chi connectivity index (χ4n) is 3.86. The average Bonchev–Trinajstić information content (AvgIpc) is 2.76. The van der Waals surface area contributed by atoms with Crippen molar-refractivity contribution in [2.75, 3.05) is 74.6 Å². The normalized spacial score (nSPS) is 18.0. The number of ether oxygens (including phenoxy) is 1. The minimum atomic E-state index is 0.0106. The third-order valence-corrected chi connectivity index (χ3v) is 5.70. The lowest BCUT2D eigenvalue weighted by Crippen LogP contribution is -2.44. The number of hydrogen-bond acceptors (Lipinski definition) is 5.